The van der Waals surface area contributed by atoms with Crippen LogP contribution in [0.1, 0.15) is 194 Å². The van der Waals surface area contributed by atoms with E-state index in [1.807, 2.05) is 0 Å². The Bertz CT molecular complexity index is 2550. The highest BCUT2D eigenvalue weighted by Crippen LogP contribution is 2.56. The van der Waals surface area contributed by atoms with Crippen LogP contribution < -0.4 is 35.9 Å². The topological polar surface area (TPSA) is 395 Å². The number of fused-ring (bicyclic) bond motifs is 1. The summed E-state index contributed by atoms with van der Waals surface area (Å²) < 4.78 is 61.0. The molecule has 29 heteroatoms. The van der Waals surface area contributed by atoms with Crippen molar-refractivity contribution >= 4 is 69.1 Å². The fraction of sp³-hybridized carbons (Fsp3) is 0.719. The Morgan fingerprint density at radius 3 is 1.86 bits per heavy atom. The molecule has 2 amide bonds. The molecule has 1 saturated heterocycles. The number of carbonyl (C=O) groups excluding carboxylic acids is 3. The van der Waals surface area contributed by atoms with Gasteiger partial charge in [-0.1, -0.05) is 184 Å². The monoisotopic (exact) mass is 1290 g/mol. The second-order valence-corrected chi connectivity index (χ2v) is 27.2. The number of imidazole rings is 1. The molecule has 2 aromatic rings. The van der Waals surface area contributed by atoms with E-state index in [1.165, 1.54) is 123 Å². The van der Waals surface area contributed by atoms with Gasteiger partial charge >= 0.3 is 0 Å². The number of anilines is 1. The molecule has 0 spiro atoms. The summed E-state index contributed by atoms with van der Waals surface area (Å²) in [6.45, 7) is 2.24. The molecule has 0 aromatic carbocycles. The summed E-state index contributed by atoms with van der Waals surface area (Å²) in [4.78, 5) is 97.4. The Balaban J connectivity index is 1.14. The van der Waals surface area contributed by atoms with Crippen LogP contribution in [-0.2, 0) is 50.7 Å². The van der Waals surface area contributed by atoms with Crippen molar-refractivity contribution in [3.63, 3.8) is 0 Å². The number of nitrogens with zero attached hydrogens (tertiary/aromatic N) is 4. The number of nitrogens with two attached hydrogens (primary N) is 1. The minimum Gasteiger partial charge on any atom is -0.790 e. The molecule has 3 rings (SSSR count). The maximum atomic E-state index is 12.7. The molecule has 3 heterocycles. The third-order valence-corrected chi connectivity index (χ3v) is 17.9. The number of hydrogen-bond donors (Lipinski definition) is 6. The van der Waals surface area contributed by atoms with Crippen LogP contribution in [0.4, 0.5) is 5.82 Å². The number of phosphoric ester groups is 3. The number of amides is 2. The van der Waals surface area contributed by atoms with E-state index in [0.717, 1.165) is 67.5 Å². The van der Waals surface area contributed by atoms with E-state index in [2.05, 4.69) is 99.0 Å². The molecule has 1 fully saturated rings. The van der Waals surface area contributed by atoms with Gasteiger partial charge in [0.1, 0.15) is 36.3 Å². The van der Waals surface area contributed by atoms with Crippen LogP contribution in [-0.4, -0.2) is 114 Å². The van der Waals surface area contributed by atoms with Crippen LogP contribution >= 0.6 is 35.2 Å². The highest BCUT2D eigenvalue weighted by atomic mass is 32.2. The van der Waals surface area contributed by atoms with Crippen LogP contribution in [0.3, 0.4) is 0 Å². The zero-order valence-corrected chi connectivity index (χ0v) is 53.7. The maximum Gasteiger partial charge on any atom is 0.274 e. The van der Waals surface area contributed by atoms with Crippen molar-refractivity contribution in [2.24, 2.45) is 5.41 Å². The number of carbonyl (C=O) groups is 3. The Labute approximate surface area is 511 Å². The van der Waals surface area contributed by atoms with Crippen molar-refractivity contribution in [1.29, 1.82) is 0 Å². The molecular weight excluding hydrogens is 1200 g/mol. The first-order valence-electron chi connectivity index (χ1n) is 30.2. The van der Waals surface area contributed by atoms with E-state index in [1.54, 1.807) is 0 Å². The molecule has 2 aromatic heterocycles. The van der Waals surface area contributed by atoms with E-state index >= 15 is 0 Å². The van der Waals surface area contributed by atoms with Gasteiger partial charge in [0.25, 0.3) is 15.6 Å². The molecule has 0 radical (unpaired) electrons. The molecule has 25 nitrogen and oxygen atoms in total. The Kier molecular flexibility index (Phi) is 37.9. The van der Waals surface area contributed by atoms with Crippen LogP contribution in [0.15, 0.2) is 61.3 Å². The summed E-state index contributed by atoms with van der Waals surface area (Å²) in [5.74, 6) is -1.33. The number of aromatic nitrogens is 4. The maximum absolute atomic E-state index is 12.7. The molecule has 0 aliphatic carbocycles. The average molecular weight is 1290 g/mol. The number of hydrogen-bond acceptors (Lipinski definition) is 23. The summed E-state index contributed by atoms with van der Waals surface area (Å²) in [5, 5.41) is 36.7. The molecular formula is C57H94N7O18P3S-4. The number of allylic oxidation sites excluding steroid dienone is 8. The number of nitrogen functional groups attached to an aromatic ring is 1. The number of rotatable bonds is 49. The van der Waals surface area contributed by atoms with Crippen molar-refractivity contribution in [1.82, 2.24) is 30.2 Å². The fourth-order valence-corrected chi connectivity index (χ4v) is 12.6. The summed E-state index contributed by atoms with van der Waals surface area (Å²) in [6, 6.07) is 0. The van der Waals surface area contributed by atoms with Gasteiger partial charge in [-0.05, 0) is 51.4 Å². The van der Waals surface area contributed by atoms with Crippen LogP contribution in [0.2, 0.25) is 0 Å². The summed E-state index contributed by atoms with van der Waals surface area (Å²) in [7, 11) is -17.7. The van der Waals surface area contributed by atoms with Crippen LogP contribution in [0, 0.1) is 5.41 Å². The number of thioether (sulfide) groups is 1. The summed E-state index contributed by atoms with van der Waals surface area (Å²) in [6.07, 6.45) is 38.1. The molecule has 1 aliphatic heterocycles. The molecule has 490 valence electrons. The highest BCUT2D eigenvalue weighted by Gasteiger charge is 2.47. The van der Waals surface area contributed by atoms with E-state index < -0.39 is 90.7 Å². The van der Waals surface area contributed by atoms with Crippen molar-refractivity contribution < 1.29 is 85.6 Å². The standard InChI is InChI=1S/C57H98N7O18P3S/c1-4-5-6-7-8-9-10-11-12-13-14-15-16-17-18-19-20-21-22-23-24-25-26-27-28-29-30-31-32-33-34-35-45(65)40-48(67)86-39-38-59-47(66)36-37-60-55(70)52(69)57(2,3)42-79-85(76,77)82-84(74,75)78-41-46-51(81-83(71,72)73)50(68)56(80-46)64-44-63-49-53(58)61-43-62-54(49)64/h8-9,11-12,14-15,17-18,43-46,50-52,56,65,68-69H,4-7,10,13,16,19-42H2,1-3H3,(H,59,66)(H,60,70)(H,74,75)(H,76,77)(H2,58,61,62)(H2,71,72,73)/p-4/b9-8-,12-11-,15-14-,18-17-/t45-,46-,50-,51-,52+,56-/m1/s1. The number of aliphatic hydroxyl groups excluding tert-OH is 3. The minimum atomic E-state index is -5.94. The van der Waals surface area contributed by atoms with Gasteiger partial charge in [-0.25, -0.2) is 19.3 Å². The lowest BCUT2D eigenvalue weighted by atomic mass is 9.87. The molecule has 2 unspecified atom stereocenters. The number of ether oxygens (including phenoxy) is 1. The Hall–Kier alpha value is -3.52. The van der Waals surface area contributed by atoms with Crippen molar-refractivity contribution in [3.05, 3.63) is 61.3 Å². The predicted molar refractivity (Wildman–Crippen MR) is 322 cm³/mol. The largest absolute Gasteiger partial charge is 0.790 e. The van der Waals surface area contributed by atoms with E-state index in [0.29, 0.717) is 6.42 Å². The van der Waals surface area contributed by atoms with E-state index in [4.69, 9.17) is 10.5 Å². The predicted octanol–water partition coefficient (Wildman–Crippen LogP) is 7.49. The first kappa shape index (κ1) is 76.7. The lowest BCUT2D eigenvalue weighted by Crippen LogP contribution is -2.46. The Morgan fingerprint density at radius 2 is 1.29 bits per heavy atom. The SMILES string of the molecule is CCCCC/C=C\C/C=C\C/C=C\C/C=C\CCCCCCCCCCCCCCCCC[C@@H](O)CC(=O)SCCNC(=O)CCNC(=O)[C@H](O)C(C)(C)COP(=O)([O-])OP(=O)([O-])OC[C@H]1O[C@@H](n2cnc3c(N)ncnc32)[C@H](O)[C@@H]1OP(=O)([O-])[O-]. The second kappa shape index (κ2) is 42.5. The van der Waals surface area contributed by atoms with Gasteiger partial charge in [0.2, 0.25) is 11.8 Å². The number of unbranched alkanes of at least 4 members (excludes halogenated alkanes) is 18. The normalized spacial score (nSPS) is 19.0. The first-order chi connectivity index (χ1) is 40.9. The van der Waals surface area contributed by atoms with Crippen LogP contribution in [0.25, 0.3) is 11.2 Å². The van der Waals surface area contributed by atoms with Gasteiger partial charge in [-0.2, -0.15) is 0 Å². The van der Waals surface area contributed by atoms with E-state index in [9.17, 15) is 63.0 Å². The molecule has 0 saturated carbocycles. The molecule has 0 bridgehead atoms. The van der Waals surface area contributed by atoms with Gasteiger partial charge < -0.3 is 74.1 Å². The lowest BCUT2D eigenvalue weighted by molar-refractivity contribution is -0.347. The Morgan fingerprint density at radius 1 is 0.756 bits per heavy atom. The number of phosphoric acid groups is 3. The first-order valence-corrected chi connectivity index (χ1v) is 35.6. The highest BCUT2D eigenvalue weighted by molar-refractivity contribution is 8.13. The minimum absolute atomic E-state index is 0.0117. The average Bonchev–Trinajstić information content (AvgIpc) is 1.67. The van der Waals surface area contributed by atoms with Crippen molar-refractivity contribution in [2.45, 2.75) is 224 Å². The van der Waals surface area contributed by atoms with Gasteiger partial charge in [-0.3, -0.25) is 28.1 Å². The van der Waals surface area contributed by atoms with Crippen molar-refractivity contribution in [3.8, 4) is 0 Å². The summed E-state index contributed by atoms with van der Waals surface area (Å²) in [5.41, 5.74) is 4.07. The zero-order valence-electron chi connectivity index (χ0n) is 50.2. The lowest BCUT2D eigenvalue weighted by Gasteiger charge is -2.36. The van der Waals surface area contributed by atoms with Gasteiger partial charge in [0.05, 0.1) is 33.5 Å². The van der Waals surface area contributed by atoms with Gasteiger partial charge in [-0.15, -0.1) is 0 Å². The fourth-order valence-electron chi connectivity index (χ4n) is 9.13. The van der Waals surface area contributed by atoms with E-state index in [-0.39, 0.29) is 53.8 Å². The molecule has 1 aliphatic rings. The quantitative estimate of drug-likeness (QED) is 0.0212. The molecule has 7 N–H and O–H groups in total. The van der Waals surface area contributed by atoms with Gasteiger partial charge in [0.15, 0.2) is 22.8 Å². The van der Waals surface area contributed by atoms with Gasteiger partial charge in [0, 0.05) is 37.1 Å². The third kappa shape index (κ3) is 33.3. The molecule has 8 atom stereocenters. The zero-order chi connectivity index (χ0) is 63.3. The van der Waals surface area contributed by atoms with Crippen LogP contribution in [0.5, 0.6) is 0 Å². The van der Waals surface area contributed by atoms with Crippen molar-refractivity contribution in [2.75, 3.05) is 37.8 Å². The number of nitrogens with one attached hydrogen (secondary N) is 2. The smallest absolute Gasteiger partial charge is 0.274 e. The second-order valence-electron chi connectivity index (χ2n) is 22.0. The summed E-state index contributed by atoms with van der Waals surface area (Å²) >= 11 is 0.992. The third-order valence-electron chi connectivity index (χ3n) is 14.0. The molecule has 86 heavy (non-hydrogen) atoms. The number of aliphatic hydroxyl groups is 3.